The highest BCUT2D eigenvalue weighted by Crippen LogP contribution is 2.41. The molecule has 1 aromatic heterocycles. The Morgan fingerprint density at radius 3 is 2.50 bits per heavy atom. The zero-order valence-corrected chi connectivity index (χ0v) is 12.6. The number of methoxy groups -OCH3 is 1. The van der Waals surface area contributed by atoms with E-state index in [4.69, 9.17) is 16.2 Å². The third-order valence-corrected chi connectivity index (χ3v) is 3.31. The minimum atomic E-state index is -0.124. The zero-order valence-electron chi connectivity index (χ0n) is 12.6. The van der Waals surface area contributed by atoms with Crippen molar-refractivity contribution in [1.82, 2.24) is 9.97 Å². The van der Waals surface area contributed by atoms with E-state index in [1.54, 1.807) is 12.1 Å². The van der Waals surface area contributed by atoms with Crippen LogP contribution in [0.25, 0.3) is 11.3 Å². The van der Waals surface area contributed by atoms with Crippen molar-refractivity contribution in [2.45, 2.75) is 19.8 Å². The number of nitrogen functional groups attached to an aromatic ring is 2. The molecule has 0 fully saturated rings. The van der Waals surface area contributed by atoms with Crippen LogP contribution in [0, 0.1) is 11.3 Å². The summed E-state index contributed by atoms with van der Waals surface area (Å²) >= 11 is 0. The van der Waals surface area contributed by atoms with Crippen LogP contribution in [0.5, 0.6) is 11.5 Å². The minimum absolute atomic E-state index is 0.0293. The van der Waals surface area contributed by atoms with Gasteiger partial charge in [-0.1, -0.05) is 13.8 Å². The van der Waals surface area contributed by atoms with E-state index in [0.29, 0.717) is 11.3 Å². The molecule has 0 aliphatic rings. The van der Waals surface area contributed by atoms with Crippen molar-refractivity contribution in [3.05, 3.63) is 23.3 Å². The summed E-state index contributed by atoms with van der Waals surface area (Å²) in [6.07, 6.45) is 0. The zero-order chi connectivity index (χ0) is 16.4. The molecule has 2 rings (SSSR count). The van der Waals surface area contributed by atoms with Crippen LogP contribution in [0.3, 0.4) is 0 Å². The molecule has 114 valence electrons. The second-order valence-electron chi connectivity index (χ2n) is 5.08. The molecule has 1 heterocycles. The molecule has 0 bridgehead atoms. The molecule has 22 heavy (non-hydrogen) atoms. The number of nitrogens with two attached hydrogens (primary N) is 2. The molecule has 0 aliphatic carbocycles. The van der Waals surface area contributed by atoms with Gasteiger partial charge in [0.15, 0.2) is 11.5 Å². The van der Waals surface area contributed by atoms with Gasteiger partial charge in [0.1, 0.15) is 17.5 Å². The summed E-state index contributed by atoms with van der Waals surface area (Å²) < 4.78 is 5.19. The first-order chi connectivity index (χ1) is 10.4. The molecular formula is C15H17N5O2. The minimum Gasteiger partial charge on any atom is -0.504 e. The van der Waals surface area contributed by atoms with Crippen LogP contribution in [-0.2, 0) is 0 Å². The number of phenolic OH excluding ortho intramolecular Hbond substituents is 1. The Labute approximate surface area is 128 Å². The fourth-order valence-corrected chi connectivity index (χ4v) is 2.10. The molecule has 0 saturated heterocycles. The van der Waals surface area contributed by atoms with Gasteiger partial charge in [0.25, 0.3) is 0 Å². The number of aromatic hydroxyl groups is 1. The van der Waals surface area contributed by atoms with Gasteiger partial charge in [-0.3, -0.25) is 0 Å². The number of benzene rings is 1. The second kappa shape index (κ2) is 5.77. The lowest BCUT2D eigenvalue weighted by Gasteiger charge is -2.15. The lowest BCUT2D eigenvalue weighted by Crippen LogP contribution is -2.05. The number of ether oxygens (including phenoxy) is 1. The standard InChI is InChI=1S/C15H17N5O2/c1-7(2)8-4-9(13(21)11(5-8)22-3)12-10(6-16)14(17)20-15(18)19-12/h4-5,7,21H,1-3H3,(H4,17,18,19,20). The summed E-state index contributed by atoms with van der Waals surface area (Å²) in [5.74, 6) is 0.259. The van der Waals surface area contributed by atoms with Gasteiger partial charge in [-0.2, -0.15) is 10.2 Å². The molecule has 0 radical (unpaired) electrons. The molecule has 0 atom stereocenters. The molecule has 0 unspecified atom stereocenters. The number of phenols is 1. The van der Waals surface area contributed by atoms with E-state index in [0.717, 1.165) is 5.56 Å². The van der Waals surface area contributed by atoms with Gasteiger partial charge in [-0.15, -0.1) is 0 Å². The first-order valence-electron chi connectivity index (χ1n) is 6.63. The van der Waals surface area contributed by atoms with Gasteiger partial charge < -0.3 is 21.3 Å². The average molecular weight is 299 g/mol. The second-order valence-corrected chi connectivity index (χ2v) is 5.08. The summed E-state index contributed by atoms with van der Waals surface area (Å²) in [5.41, 5.74) is 12.8. The molecule has 2 aromatic rings. The quantitative estimate of drug-likeness (QED) is 0.789. The number of aromatic nitrogens is 2. The van der Waals surface area contributed by atoms with E-state index < -0.39 is 0 Å². The van der Waals surface area contributed by atoms with E-state index >= 15 is 0 Å². The van der Waals surface area contributed by atoms with E-state index in [1.807, 2.05) is 19.9 Å². The van der Waals surface area contributed by atoms with Crippen LogP contribution >= 0.6 is 0 Å². The molecule has 5 N–H and O–H groups in total. The van der Waals surface area contributed by atoms with Crippen molar-refractivity contribution in [3.8, 4) is 28.8 Å². The van der Waals surface area contributed by atoms with Crippen molar-refractivity contribution in [1.29, 1.82) is 5.26 Å². The van der Waals surface area contributed by atoms with E-state index in [-0.39, 0.29) is 34.7 Å². The Morgan fingerprint density at radius 2 is 1.95 bits per heavy atom. The van der Waals surface area contributed by atoms with Gasteiger partial charge in [-0.25, -0.2) is 4.98 Å². The van der Waals surface area contributed by atoms with Crippen LogP contribution in [0.15, 0.2) is 12.1 Å². The maximum absolute atomic E-state index is 10.4. The molecule has 0 saturated carbocycles. The molecule has 7 heteroatoms. The summed E-state index contributed by atoms with van der Waals surface area (Å²) in [5, 5.41) is 19.7. The monoisotopic (exact) mass is 299 g/mol. The van der Waals surface area contributed by atoms with Gasteiger partial charge in [-0.05, 0) is 23.6 Å². The van der Waals surface area contributed by atoms with Gasteiger partial charge in [0.2, 0.25) is 5.95 Å². The highest BCUT2D eigenvalue weighted by Gasteiger charge is 2.20. The normalized spacial score (nSPS) is 10.5. The first kappa shape index (κ1) is 15.4. The van der Waals surface area contributed by atoms with Crippen molar-refractivity contribution < 1.29 is 9.84 Å². The van der Waals surface area contributed by atoms with E-state index in [1.165, 1.54) is 7.11 Å². The third kappa shape index (κ3) is 2.59. The Kier molecular flexibility index (Phi) is 4.04. The fraction of sp³-hybridized carbons (Fsp3) is 0.267. The molecule has 0 spiro atoms. The molecule has 7 nitrogen and oxygen atoms in total. The largest absolute Gasteiger partial charge is 0.504 e. The molecule has 0 aliphatic heterocycles. The highest BCUT2D eigenvalue weighted by molar-refractivity contribution is 5.79. The average Bonchev–Trinajstić information content (AvgIpc) is 2.46. The third-order valence-electron chi connectivity index (χ3n) is 3.31. The molecule has 0 amide bonds. The van der Waals surface area contributed by atoms with Crippen LogP contribution in [0.1, 0.15) is 30.9 Å². The predicted octanol–water partition coefficient (Wildman–Crippen LogP) is 2.02. The fourth-order valence-electron chi connectivity index (χ4n) is 2.10. The highest BCUT2D eigenvalue weighted by atomic mass is 16.5. The summed E-state index contributed by atoms with van der Waals surface area (Å²) in [6, 6.07) is 5.43. The van der Waals surface area contributed by atoms with Gasteiger partial charge in [0.05, 0.1) is 12.8 Å². The van der Waals surface area contributed by atoms with Crippen LogP contribution in [-0.4, -0.2) is 22.2 Å². The van der Waals surface area contributed by atoms with Crippen molar-refractivity contribution >= 4 is 11.8 Å². The maximum Gasteiger partial charge on any atom is 0.222 e. The molecule has 1 aromatic carbocycles. The SMILES string of the molecule is COc1cc(C(C)C)cc(-c2nc(N)nc(N)c2C#N)c1O. The Morgan fingerprint density at radius 1 is 1.27 bits per heavy atom. The van der Waals surface area contributed by atoms with E-state index in [9.17, 15) is 10.4 Å². The van der Waals surface area contributed by atoms with Gasteiger partial charge in [0, 0.05) is 5.56 Å². The summed E-state index contributed by atoms with van der Waals surface area (Å²) in [6.45, 7) is 4.01. The summed E-state index contributed by atoms with van der Waals surface area (Å²) in [7, 11) is 1.46. The number of hydrogen-bond donors (Lipinski definition) is 3. The van der Waals surface area contributed by atoms with Crippen LogP contribution in [0.2, 0.25) is 0 Å². The Bertz CT molecular complexity index is 766. The Hall–Kier alpha value is -3.01. The van der Waals surface area contributed by atoms with Crippen molar-refractivity contribution in [3.63, 3.8) is 0 Å². The topological polar surface area (TPSA) is 131 Å². The summed E-state index contributed by atoms with van der Waals surface area (Å²) in [4.78, 5) is 7.83. The number of hydrogen-bond acceptors (Lipinski definition) is 7. The van der Waals surface area contributed by atoms with Crippen LogP contribution in [0.4, 0.5) is 11.8 Å². The van der Waals surface area contributed by atoms with Crippen molar-refractivity contribution in [2.24, 2.45) is 0 Å². The van der Waals surface area contributed by atoms with Crippen molar-refractivity contribution in [2.75, 3.05) is 18.6 Å². The maximum atomic E-state index is 10.4. The van der Waals surface area contributed by atoms with Gasteiger partial charge >= 0.3 is 0 Å². The lowest BCUT2D eigenvalue weighted by molar-refractivity contribution is 0.373. The molecular weight excluding hydrogens is 282 g/mol. The lowest BCUT2D eigenvalue weighted by atomic mass is 9.96. The van der Waals surface area contributed by atoms with E-state index in [2.05, 4.69) is 9.97 Å². The first-order valence-corrected chi connectivity index (χ1v) is 6.63. The van der Waals surface area contributed by atoms with Crippen LogP contribution < -0.4 is 16.2 Å². The number of nitriles is 1. The number of anilines is 2. The number of nitrogens with zero attached hydrogens (tertiary/aromatic N) is 3. The smallest absolute Gasteiger partial charge is 0.222 e. The predicted molar refractivity (Wildman–Crippen MR) is 83.3 cm³/mol. The number of rotatable bonds is 3. The Balaban J connectivity index is 2.83.